The number of carbonyl (C=O) groups excluding carboxylic acids is 2. The largest absolute Gasteiger partial charge is 0.482 e. The monoisotopic (exact) mass is 566 g/mol. The molecule has 0 amide bonds. The smallest absolute Gasteiger partial charge is 0.344 e. The number of aliphatic hydroxyl groups is 2. The Labute approximate surface area is 244 Å². The summed E-state index contributed by atoms with van der Waals surface area (Å²) in [5.74, 6) is 0.672. The van der Waals surface area contributed by atoms with Gasteiger partial charge in [-0.25, -0.2) is 4.79 Å². The third kappa shape index (κ3) is 9.04. The number of esters is 2. The van der Waals surface area contributed by atoms with Gasteiger partial charge in [0.15, 0.2) is 6.61 Å². The van der Waals surface area contributed by atoms with Gasteiger partial charge in [0.1, 0.15) is 18.5 Å². The molecule has 0 radical (unpaired) electrons. The minimum Gasteiger partial charge on any atom is -0.482 e. The first-order valence-corrected chi connectivity index (χ1v) is 15.3. The zero-order valence-corrected chi connectivity index (χ0v) is 24.5. The predicted octanol–water partition coefficient (Wildman–Crippen LogP) is 5.56. The van der Waals surface area contributed by atoms with Gasteiger partial charge in [0, 0.05) is 0 Å². The quantitative estimate of drug-likeness (QED) is 0.215. The molecular formula is C34H46O7. The van der Waals surface area contributed by atoms with Gasteiger partial charge >= 0.3 is 11.9 Å². The van der Waals surface area contributed by atoms with E-state index in [1.54, 1.807) is 6.92 Å². The maximum atomic E-state index is 12.5. The van der Waals surface area contributed by atoms with E-state index in [0.717, 1.165) is 68.9 Å². The molecule has 2 aromatic carbocycles. The van der Waals surface area contributed by atoms with Crippen LogP contribution in [0.5, 0.6) is 5.75 Å². The molecule has 0 bridgehead atoms. The van der Waals surface area contributed by atoms with Crippen molar-refractivity contribution < 1.29 is 34.0 Å². The van der Waals surface area contributed by atoms with E-state index < -0.39 is 18.0 Å². The summed E-state index contributed by atoms with van der Waals surface area (Å²) in [7, 11) is 0. The first-order valence-electron chi connectivity index (χ1n) is 15.3. The van der Waals surface area contributed by atoms with E-state index in [1.807, 2.05) is 42.5 Å². The van der Waals surface area contributed by atoms with Crippen LogP contribution in [0.2, 0.25) is 0 Å². The minimum atomic E-state index is -0.623. The summed E-state index contributed by atoms with van der Waals surface area (Å²) in [4.78, 5) is 24.6. The summed E-state index contributed by atoms with van der Waals surface area (Å²) in [5, 5.41) is 21.3. The Balaban J connectivity index is 1.24. The summed E-state index contributed by atoms with van der Waals surface area (Å²) < 4.78 is 16.6. The van der Waals surface area contributed by atoms with Crippen molar-refractivity contribution in [2.45, 2.75) is 103 Å². The molecule has 2 aromatic rings. The summed E-state index contributed by atoms with van der Waals surface area (Å²) in [6.07, 6.45) is 6.95. The maximum absolute atomic E-state index is 12.5. The Kier molecular flexibility index (Phi) is 11.6. The van der Waals surface area contributed by atoms with Crippen LogP contribution in [0.1, 0.15) is 81.9 Å². The van der Waals surface area contributed by atoms with Crippen LogP contribution in [0, 0.1) is 17.8 Å². The second kappa shape index (κ2) is 15.4. The Hall–Kier alpha value is -2.90. The Morgan fingerprint density at radius 3 is 2.59 bits per heavy atom. The highest BCUT2D eigenvalue weighted by Crippen LogP contribution is 2.48. The molecule has 41 heavy (non-hydrogen) atoms. The lowest BCUT2D eigenvalue weighted by atomic mass is 9.73. The molecule has 0 aromatic heterocycles. The average molecular weight is 567 g/mol. The van der Waals surface area contributed by atoms with Crippen molar-refractivity contribution in [2.75, 3.05) is 6.61 Å². The lowest BCUT2D eigenvalue weighted by Gasteiger charge is -2.32. The van der Waals surface area contributed by atoms with Crippen molar-refractivity contribution in [2.24, 2.45) is 17.8 Å². The van der Waals surface area contributed by atoms with Gasteiger partial charge in [0.25, 0.3) is 0 Å². The molecule has 2 N–H and O–H groups in total. The van der Waals surface area contributed by atoms with E-state index in [-0.39, 0.29) is 37.8 Å². The van der Waals surface area contributed by atoms with Crippen LogP contribution in [0.25, 0.3) is 0 Å². The van der Waals surface area contributed by atoms with E-state index in [9.17, 15) is 19.8 Å². The van der Waals surface area contributed by atoms with Crippen LogP contribution in [0.4, 0.5) is 0 Å². The molecule has 0 heterocycles. The predicted molar refractivity (Wildman–Crippen MR) is 156 cm³/mol. The number of fused-ring (bicyclic) bond motifs is 2. The van der Waals surface area contributed by atoms with Gasteiger partial charge in [-0.1, -0.05) is 68.7 Å². The van der Waals surface area contributed by atoms with Gasteiger partial charge in [0.2, 0.25) is 0 Å². The van der Waals surface area contributed by atoms with E-state index in [1.165, 1.54) is 5.56 Å². The van der Waals surface area contributed by atoms with Gasteiger partial charge in [-0.2, -0.15) is 0 Å². The summed E-state index contributed by atoms with van der Waals surface area (Å²) in [5.41, 5.74) is 3.21. The van der Waals surface area contributed by atoms with Crippen molar-refractivity contribution in [3.05, 3.63) is 65.2 Å². The van der Waals surface area contributed by atoms with Crippen LogP contribution >= 0.6 is 0 Å². The number of ether oxygens (including phenoxy) is 3. The number of carbonyl (C=O) groups is 2. The molecule has 2 aliphatic rings. The second-order valence-corrected chi connectivity index (χ2v) is 11.9. The SMILES string of the molecule is CCCCC[C@H](O)CC[C@@H]1[C@H]2Cc3cccc(OCC(=O)OC(C)CC(=O)OCc4ccccc4)c3C[C@H]2C[C@H]1O. The van der Waals surface area contributed by atoms with E-state index >= 15 is 0 Å². The van der Waals surface area contributed by atoms with E-state index in [0.29, 0.717) is 17.6 Å². The Bertz CT molecular complexity index is 1120. The van der Waals surface area contributed by atoms with Gasteiger partial charge < -0.3 is 24.4 Å². The number of hydrogen-bond acceptors (Lipinski definition) is 7. The average Bonchev–Trinajstić information content (AvgIpc) is 3.26. The number of hydrogen-bond donors (Lipinski definition) is 2. The first kappa shape index (κ1) is 31.0. The molecule has 1 unspecified atom stereocenters. The normalized spacial score (nSPS) is 22.7. The molecule has 0 saturated heterocycles. The Morgan fingerprint density at radius 2 is 1.80 bits per heavy atom. The van der Waals surface area contributed by atoms with Crippen LogP contribution in [0.3, 0.4) is 0 Å². The lowest BCUT2D eigenvalue weighted by Crippen LogP contribution is -2.28. The third-order valence-electron chi connectivity index (χ3n) is 8.69. The standard InChI is InChI=1S/C34H46O7/c1-3-4-6-13-27(35)15-16-28-29-18-25-12-9-14-32(30(25)19-26(29)20-31(28)36)39-22-34(38)41-23(2)17-33(37)40-21-24-10-7-5-8-11-24/h5,7-12,14,23,26-29,31,35-36H,3-4,6,13,15-22H2,1-2H3/t23?,26-,27-,28+,29-,31+/m0/s1. The number of aliphatic hydroxyl groups excluding tert-OH is 2. The zero-order valence-electron chi connectivity index (χ0n) is 24.5. The van der Waals surface area contributed by atoms with Crippen molar-refractivity contribution in [1.82, 2.24) is 0 Å². The maximum Gasteiger partial charge on any atom is 0.344 e. The highest BCUT2D eigenvalue weighted by Gasteiger charge is 2.44. The zero-order chi connectivity index (χ0) is 29.2. The van der Waals surface area contributed by atoms with Crippen molar-refractivity contribution >= 4 is 11.9 Å². The van der Waals surface area contributed by atoms with Crippen LogP contribution in [-0.4, -0.2) is 47.1 Å². The van der Waals surface area contributed by atoms with Crippen molar-refractivity contribution in [3.8, 4) is 5.75 Å². The number of unbranched alkanes of at least 4 members (excludes halogenated alkanes) is 2. The first-order chi connectivity index (χ1) is 19.8. The van der Waals surface area contributed by atoms with Crippen molar-refractivity contribution in [1.29, 1.82) is 0 Å². The van der Waals surface area contributed by atoms with Crippen LogP contribution < -0.4 is 4.74 Å². The fourth-order valence-corrected chi connectivity index (χ4v) is 6.57. The topological polar surface area (TPSA) is 102 Å². The molecule has 224 valence electrons. The molecule has 1 fully saturated rings. The Morgan fingerprint density at radius 1 is 1.00 bits per heavy atom. The summed E-state index contributed by atoms with van der Waals surface area (Å²) >= 11 is 0. The molecule has 7 nitrogen and oxygen atoms in total. The molecule has 6 atom stereocenters. The van der Waals surface area contributed by atoms with E-state index in [2.05, 4.69) is 13.0 Å². The van der Waals surface area contributed by atoms with Gasteiger partial charge in [-0.3, -0.25) is 4.79 Å². The third-order valence-corrected chi connectivity index (χ3v) is 8.69. The molecule has 0 aliphatic heterocycles. The number of rotatable bonds is 15. The minimum absolute atomic E-state index is 0.0262. The molecule has 2 aliphatic carbocycles. The van der Waals surface area contributed by atoms with Crippen LogP contribution in [0.15, 0.2) is 48.5 Å². The van der Waals surface area contributed by atoms with Crippen LogP contribution in [-0.2, 0) is 38.5 Å². The van der Waals surface area contributed by atoms with Crippen molar-refractivity contribution in [3.63, 3.8) is 0 Å². The molecule has 1 saturated carbocycles. The molecule has 7 heteroatoms. The highest BCUT2D eigenvalue weighted by atomic mass is 16.6. The molecule has 0 spiro atoms. The molecule has 4 rings (SSSR count). The molecular weight excluding hydrogens is 520 g/mol. The highest BCUT2D eigenvalue weighted by molar-refractivity contribution is 5.73. The fraction of sp³-hybridized carbons (Fsp3) is 0.588. The fourth-order valence-electron chi connectivity index (χ4n) is 6.57. The number of benzene rings is 2. The van der Waals surface area contributed by atoms with Gasteiger partial charge in [0.05, 0.1) is 18.6 Å². The second-order valence-electron chi connectivity index (χ2n) is 11.9. The summed E-state index contributed by atoms with van der Waals surface area (Å²) in [6.45, 7) is 3.77. The summed E-state index contributed by atoms with van der Waals surface area (Å²) in [6, 6.07) is 15.4. The lowest BCUT2D eigenvalue weighted by molar-refractivity contribution is -0.156. The van der Waals surface area contributed by atoms with E-state index in [4.69, 9.17) is 14.2 Å². The van der Waals surface area contributed by atoms with Gasteiger partial charge in [-0.15, -0.1) is 0 Å². The van der Waals surface area contributed by atoms with Gasteiger partial charge in [-0.05, 0) is 86.0 Å².